The first-order chi connectivity index (χ1) is 10.4. The third-order valence-electron chi connectivity index (χ3n) is 3.16. The van der Waals surface area contributed by atoms with Crippen molar-refractivity contribution in [3.63, 3.8) is 0 Å². The molecule has 2 heterocycles. The van der Waals surface area contributed by atoms with Crippen LogP contribution in [0, 0.1) is 0 Å². The first-order valence-electron chi connectivity index (χ1n) is 6.68. The van der Waals surface area contributed by atoms with E-state index in [9.17, 15) is 4.79 Å². The number of allylic oxidation sites excluding steroid dienone is 4. The summed E-state index contributed by atoms with van der Waals surface area (Å²) in [5.74, 6) is -2.79. The van der Waals surface area contributed by atoms with Gasteiger partial charge in [-0.25, -0.2) is 4.79 Å². The minimum atomic E-state index is -1.39. The van der Waals surface area contributed by atoms with Gasteiger partial charge in [0, 0.05) is 23.3 Å². The Hall–Kier alpha value is -2.69. The molecule has 116 valence electrons. The third kappa shape index (κ3) is 2.98. The van der Waals surface area contributed by atoms with E-state index in [1.807, 2.05) is 0 Å². The summed E-state index contributed by atoms with van der Waals surface area (Å²) in [7, 11) is 0. The number of hydrogen-bond acceptors (Lipinski definition) is 5. The lowest BCUT2D eigenvalue weighted by Gasteiger charge is -2.34. The highest BCUT2D eigenvalue weighted by Gasteiger charge is 2.41. The van der Waals surface area contributed by atoms with Crippen LogP contribution in [0.3, 0.4) is 0 Å². The van der Waals surface area contributed by atoms with Crippen molar-refractivity contribution < 1.29 is 23.7 Å². The van der Waals surface area contributed by atoms with Gasteiger partial charge in [0.15, 0.2) is 0 Å². The summed E-state index contributed by atoms with van der Waals surface area (Å²) in [5.41, 5.74) is 0.990. The van der Waals surface area contributed by atoms with Crippen molar-refractivity contribution in [2.24, 2.45) is 0 Å². The van der Waals surface area contributed by atoms with Gasteiger partial charge in [-0.05, 0) is 26.0 Å². The fraction of sp³-hybridized carbons (Fsp3) is 0.235. The Morgan fingerprint density at radius 1 is 0.864 bits per heavy atom. The van der Waals surface area contributed by atoms with E-state index in [4.69, 9.17) is 18.9 Å². The van der Waals surface area contributed by atoms with E-state index >= 15 is 0 Å². The Labute approximate surface area is 129 Å². The van der Waals surface area contributed by atoms with Crippen molar-refractivity contribution in [2.75, 3.05) is 0 Å². The average Bonchev–Trinajstić information content (AvgIpc) is 2.48. The van der Waals surface area contributed by atoms with E-state index < -0.39 is 17.7 Å². The standard InChI is InChI=1S/C17H18O5/c1-13(2)16(9-5-7-11-19-16)21-15(18)22-17(14(3)4)10-6-8-12-20-17/h5-12H,1,3H2,2,4H3. The molecule has 2 unspecified atom stereocenters. The van der Waals surface area contributed by atoms with Gasteiger partial charge in [0.25, 0.3) is 11.6 Å². The number of rotatable bonds is 4. The molecule has 0 aromatic heterocycles. The van der Waals surface area contributed by atoms with Gasteiger partial charge >= 0.3 is 6.16 Å². The van der Waals surface area contributed by atoms with Gasteiger partial charge in [-0.2, -0.15) is 0 Å². The quantitative estimate of drug-likeness (QED) is 0.582. The molecule has 0 aromatic rings. The largest absolute Gasteiger partial charge is 0.515 e. The molecule has 0 bridgehead atoms. The van der Waals surface area contributed by atoms with E-state index in [0.717, 1.165) is 0 Å². The summed E-state index contributed by atoms with van der Waals surface area (Å²) in [6, 6.07) is 0. The van der Waals surface area contributed by atoms with Crippen molar-refractivity contribution >= 4 is 6.16 Å². The predicted molar refractivity (Wildman–Crippen MR) is 81.4 cm³/mol. The van der Waals surface area contributed by atoms with E-state index in [1.54, 1.807) is 50.3 Å². The molecule has 0 saturated heterocycles. The number of hydrogen-bond donors (Lipinski definition) is 0. The lowest BCUT2D eigenvalue weighted by molar-refractivity contribution is -0.168. The normalized spacial score (nSPS) is 28.5. The molecule has 0 N–H and O–H groups in total. The monoisotopic (exact) mass is 302 g/mol. The minimum Gasteiger partial charge on any atom is -0.453 e. The molecule has 2 aliphatic heterocycles. The van der Waals surface area contributed by atoms with Crippen LogP contribution in [0.1, 0.15) is 13.8 Å². The van der Waals surface area contributed by atoms with Gasteiger partial charge < -0.3 is 18.9 Å². The van der Waals surface area contributed by atoms with Crippen molar-refractivity contribution in [3.8, 4) is 0 Å². The van der Waals surface area contributed by atoms with Crippen LogP contribution < -0.4 is 0 Å². The maximum Gasteiger partial charge on any atom is 0.515 e. The molecule has 2 atom stereocenters. The molecule has 0 aromatic carbocycles. The number of carbonyl (C=O) groups excluding carboxylic acids is 1. The summed E-state index contributed by atoms with van der Waals surface area (Å²) in [4.78, 5) is 12.2. The second-order valence-corrected chi connectivity index (χ2v) is 4.96. The maximum atomic E-state index is 12.2. The Kier molecular flexibility index (Phi) is 4.26. The minimum absolute atomic E-state index is 0.495. The predicted octanol–water partition coefficient (Wildman–Crippen LogP) is 3.88. The average molecular weight is 302 g/mol. The summed E-state index contributed by atoms with van der Waals surface area (Å²) in [6.45, 7) is 10.9. The smallest absolute Gasteiger partial charge is 0.453 e. The van der Waals surface area contributed by atoms with Gasteiger partial charge in [-0.3, -0.25) is 0 Å². The van der Waals surface area contributed by atoms with Crippen LogP contribution in [0.5, 0.6) is 0 Å². The number of carbonyl (C=O) groups is 1. The van der Waals surface area contributed by atoms with E-state index in [2.05, 4.69) is 13.2 Å². The third-order valence-corrected chi connectivity index (χ3v) is 3.16. The van der Waals surface area contributed by atoms with Crippen molar-refractivity contribution in [2.45, 2.75) is 25.4 Å². The summed E-state index contributed by atoms with van der Waals surface area (Å²) in [6.07, 6.45) is 11.7. The molecule has 0 radical (unpaired) electrons. The van der Waals surface area contributed by atoms with E-state index in [1.165, 1.54) is 12.5 Å². The first kappa shape index (κ1) is 15.7. The van der Waals surface area contributed by atoms with Gasteiger partial charge in [0.2, 0.25) is 0 Å². The van der Waals surface area contributed by atoms with Gasteiger partial charge in [0.1, 0.15) is 0 Å². The summed E-state index contributed by atoms with van der Waals surface area (Å²) >= 11 is 0. The topological polar surface area (TPSA) is 54.0 Å². The van der Waals surface area contributed by atoms with Crippen LogP contribution in [0.25, 0.3) is 0 Å². The zero-order valence-corrected chi connectivity index (χ0v) is 12.6. The van der Waals surface area contributed by atoms with Crippen LogP contribution in [0.4, 0.5) is 4.79 Å². The Balaban J connectivity index is 2.15. The van der Waals surface area contributed by atoms with Crippen LogP contribution in [0.15, 0.2) is 73.3 Å². The highest BCUT2D eigenvalue weighted by molar-refractivity contribution is 5.63. The van der Waals surface area contributed by atoms with Crippen LogP contribution in [0.2, 0.25) is 0 Å². The molecule has 22 heavy (non-hydrogen) atoms. The number of ether oxygens (including phenoxy) is 4. The van der Waals surface area contributed by atoms with E-state index in [0.29, 0.717) is 11.1 Å². The highest BCUT2D eigenvalue weighted by atomic mass is 16.8. The molecular formula is C17H18O5. The molecule has 2 aliphatic rings. The van der Waals surface area contributed by atoms with Gasteiger partial charge in [0.05, 0.1) is 12.5 Å². The van der Waals surface area contributed by atoms with Crippen LogP contribution >= 0.6 is 0 Å². The first-order valence-corrected chi connectivity index (χ1v) is 6.68. The molecule has 5 nitrogen and oxygen atoms in total. The molecular weight excluding hydrogens is 284 g/mol. The lowest BCUT2D eigenvalue weighted by Crippen LogP contribution is -2.42. The van der Waals surface area contributed by atoms with Crippen molar-refractivity contribution in [1.82, 2.24) is 0 Å². The second-order valence-electron chi connectivity index (χ2n) is 4.96. The SMILES string of the molecule is C=C(C)C1(OC(=O)OC2(C(=C)C)C=CC=CO2)C=CC=CO1. The second kappa shape index (κ2) is 5.97. The molecule has 0 amide bonds. The van der Waals surface area contributed by atoms with Crippen molar-refractivity contribution in [3.05, 3.63) is 73.3 Å². The molecule has 2 rings (SSSR count). The Bertz CT molecular complexity index is 559. The molecule has 0 saturated carbocycles. The molecule has 0 spiro atoms. The molecule has 0 aliphatic carbocycles. The zero-order valence-electron chi connectivity index (χ0n) is 12.6. The Morgan fingerprint density at radius 2 is 1.27 bits per heavy atom. The summed E-state index contributed by atoms with van der Waals surface area (Å²) < 4.78 is 21.4. The fourth-order valence-electron chi connectivity index (χ4n) is 1.86. The lowest BCUT2D eigenvalue weighted by atomic mass is 10.1. The maximum absolute atomic E-state index is 12.2. The fourth-order valence-corrected chi connectivity index (χ4v) is 1.86. The zero-order chi connectivity index (χ0) is 16.2. The van der Waals surface area contributed by atoms with Crippen LogP contribution in [-0.4, -0.2) is 17.7 Å². The molecule has 0 fully saturated rings. The van der Waals surface area contributed by atoms with Gasteiger partial charge in [-0.1, -0.05) is 25.3 Å². The van der Waals surface area contributed by atoms with E-state index in [-0.39, 0.29) is 0 Å². The molecule has 5 heteroatoms. The van der Waals surface area contributed by atoms with Crippen LogP contribution in [-0.2, 0) is 18.9 Å². The highest BCUT2D eigenvalue weighted by Crippen LogP contribution is 2.31. The van der Waals surface area contributed by atoms with Gasteiger partial charge in [-0.15, -0.1) is 0 Å². The summed E-state index contributed by atoms with van der Waals surface area (Å²) in [5, 5.41) is 0. The van der Waals surface area contributed by atoms with Crippen molar-refractivity contribution in [1.29, 1.82) is 0 Å². The Morgan fingerprint density at radius 3 is 1.55 bits per heavy atom.